The summed E-state index contributed by atoms with van der Waals surface area (Å²) >= 11 is 1.57. The van der Waals surface area contributed by atoms with Crippen LogP contribution in [0.2, 0.25) is 0 Å². The third-order valence-electron chi connectivity index (χ3n) is 5.17. The molecule has 0 aliphatic carbocycles. The van der Waals surface area contributed by atoms with Crippen LogP contribution >= 0.6 is 11.3 Å². The van der Waals surface area contributed by atoms with E-state index in [1.807, 2.05) is 30.3 Å². The van der Waals surface area contributed by atoms with Crippen molar-refractivity contribution >= 4 is 33.0 Å². The lowest BCUT2D eigenvalue weighted by atomic mass is 10.0. The molecule has 2 nitrogen and oxygen atoms in total. The van der Waals surface area contributed by atoms with Crippen molar-refractivity contribution in [2.45, 2.75) is 27.2 Å². The van der Waals surface area contributed by atoms with E-state index in [0.717, 1.165) is 27.2 Å². The summed E-state index contributed by atoms with van der Waals surface area (Å²) in [6, 6.07) is 22.8. The first-order valence-corrected chi connectivity index (χ1v) is 10.3. The van der Waals surface area contributed by atoms with Gasteiger partial charge in [-0.1, -0.05) is 54.1 Å². The number of rotatable bonds is 4. The summed E-state index contributed by atoms with van der Waals surface area (Å²) in [6.07, 6.45) is 0.750. The van der Waals surface area contributed by atoms with Crippen LogP contribution in [0, 0.1) is 20.8 Å². The predicted octanol–water partition coefficient (Wildman–Crippen LogP) is 6.67. The molecule has 0 unspecified atom stereocenters. The van der Waals surface area contributed by atoms with Crippen molar-refractivity contribution in [3.05, 3.63) is 99.4 Å². The maximum atomic E-state index is 13.1. The molecular formula is C25H23NOS. The highest BCUT2D eigenvalue weighted by atomic mass is 32.1. The van der Waals surface area contributed by atoms with E-state index >= 15 is 0 Å². The Morgan fingerprint density at radius 3 is 2.39 bits per heavy atom. The standard InChI is InChI=1S/C25H23NOS/c1-16-8-11-19(12-9-16)15-22-21-6-4-5-7-23(21)28-24(22)25(27)26-20-13-10-17(2)18(3)14-20/h4-14H,15H2,1-3H3,(H,26,27). The van der Waals surface area contributed by atoms with E-state index in [9.17, 15) is 4.79 Å². The lowest BCUT2D eigenvalue weighted by Gasteiger charge is -2.09. The average molecular weight is 386 g/mol. The fourth-order valence-electron chi connectivity index (χ4n) is 3.37. The largest absolute Gasteiger partial charge is 0.321 e. The topological polar surface area (TPSA) is 29.1 Å². The van der Waals surface area contributed by atoms with Crippen molar-refractivity contribution in [2.75, 3.05) is 5.32 Å². The second kappa shape index (κ2) is 7.61. The third kappa shape index (κ3) is 3.71. The van der Waals surface area contributed by atoms with Crippen molar-refractivity contribution < 1.29 is 4.79 Å². The number of anilines is 1. The molecule has 1 heterocycles. The Morgan fingerprint density at radius 1 is 0.893 bits per heavy atom. The number of thiophene rings is 1. The van der Waals surface area contributed by atoms with Gasteiger partial charge in [0.2, 0.25) is 0 Å². The molecule has 3 heteroatoms. The van der Waals surface area contributed by atoms with Gasteiger partial charge in [0.25, 0.3) is 5.91 Å². The molecule has 0 aliphatic rings. The molecule has 1 N–H and O–H groups in total. The maximum Gasteiger partial charge on any atom is 0.266 e. The van der Waals surface area contributed by atoms with Crippen LogP contribution in [0.5, 0.6) is 0 Å². The summed E-state index contributed by atoms with van der Waals surface area (Å²) in [4.78, 5) is 13.9. The van der Waals surface area contributed by atoms with Crippen LogP contribution in [0.4, 0.5) is 5.69 Å². The van der Waals surface area contributed by atoms with Crippen LogP contribution in [-0.2, 0) is 6.42 Å². The second-order valence-corrected chi connectivity index (χ2v) is 8.37. The minimum Gasteiger partial charge on any atom is -0.321 e. The number of hydrogen-bond donors (Lipinski definition) is 1. The Bertz CT molecular complexity index is 1160. The molecule has 0 aliphatic heterocycles. The van der Waals surface area contributed by atoms with Crippen LogP contribution in [0.25, 0.3) is 10.1 Å². The van der Waals surface area contributed by atoms with E-state index in [4.69, 9.17) is 0 Å². The monoisotopic (exact) mass is 385 g/mol. The van der Waals surface area contributed by atoms with Crippen LogP contribution < -0.4 is 5.32 Å². The first kappa shape index (κ1) is 18.5. The highest BCUT2D eigenvalue weighted by Gasteiger charge is 2.19. The van der Waals surface area contributed by atoms with Crippen LogP contribution in [0.3, 0.4) is 0 Å². The van der Waals surface area contributed by atoms with E-state index in [1.54, 1.807) is 11.3 Å². The Morgan fingerprint density at radius 2 is 1.64 bits per heavy atom. The van der Waals surface area contributed by atoms with E-state index in [1.165, 1.54) is 27.6 Å². The van der Waals surface area contributed by atoms with E-state index < -0.39 is 0 Å². The summed E-state index contributed by atoms with van der Waals surface area (Å²) in [7, 11) is 0. The van der Waals surface area contributed by atoms with Gasteiger partial charge in [0.1, 0.15) is 0 Å². The van der Waals surface area contributed by atoms with Gasteiger partial charge in [0.05, 0.1) is 4.88 Å². The predicted molar refractivity (Wildman–Crippen MR) is 120 cm³/mol. The van der Waals surface area contributed by atoms with E-state index in [-0.39, 0.29) is 5.91 Å². The van der Waals surface area contributed by atoms with Crippen molar-refractivity contribution in [3.8, 4) is 0 Å². The van der Waals surface area contributed by atoms with Crippen LogP contribution in [-0.4, -0.2) is 5.91 Å². The molecular weight excluding hydrogens is 362 g/mol. The van der Waals surface area contributed by atoms with Crippen LogP contribution in [0.1, 0.15) is 37.5 Å². The maximum absolute atomic E-state index is 13.1. The molecule has 0 bridgehead atoms. The molecule has 1 aromatic heterocycles. The zero-order valence-electron chi connectivity index (χ0n) is 16.4. The molecule has 4 aromatic rings. The van der Waals surface area contributed by atoms with Gasteiger partial charge in [-0.2, -0.15) is 0 Å². The number of amides is 1. The molecule has 28 heavy (non-hydrogen) atoms. The van der Waals surface area contributed by atoms with Gasteiger partial charge in [-0.15, -0.1) is 11.3 Å². The normalized spacial score (nSPS) is 11.0. The average Bonchev–Trinajstić information content (AvgIpc) is 3.05. The number of nitrogens with one attached hydrogen (secondary N) is 1. The molecule has 0 radical (unpaired) electrons. The first-order chi connectivity index (χ1) is 13.5. The van der Waals surface area contributed by atoms with Gasteiger partial charge in [-0.05, 0) is 73.0 Å². The van der Waals surface area contributed by atoms with Crippen molar-refractivity contribution in [3.63, 3.8) is 0 Å². The summed E-state index contributed by atoms with van der Waals surface area (Å²) in [5.41, 5.74) is 6.80. The fraction of sp³-hybridized carbons (Fsp3) is 0.160. The minimum atomic E-state index is -0.0356. The molecule has 1 amide bonds. The lowest BCUT2D eigenvalue weighted by molar-refractivity contribution is 0.103. The quantitative estimate of drug-likeness (QED) is 0.417. The number of hydrogen-bond acceptors (Lipinski definition) is 2. The number of aryl methyl sites for hydroxylation is 3. The van der Waals surface area contributed by atoms with E-state index in [0.29, 0.717) is 0 Å². The Hall–Kier alpha value is -2.91. The zero-order chi connectivity index (χ0) is 19.7. The van der Waals surface area contributed by atoms with E-state index in [2.05, 4.69) is 62.5 Å². The van der Waals surface area contributed by atoms with Gasteiger partial charge in [-0.3, -0.25) is 4.79 Å². The van der Waals surface area contributed by atoms with Crippen molar-refractivity contribution in [1.82, 2.24) is 0 Å². The molecule has 0 saturated carbocycles. The van der Waals surface area contributed by atoms with Crippen molar-refractivity contribution in [1.29, 1.82) is 0 Å². The first-order valence-electron chi connectivity index (χ1n) is 9.46. The van der Waals surface area contributed by atoms with Crippen molar-refractivity contribution in [2.24, 2.45) is 0 Å². The Balaban J connectivity index is 1.71. The molecule has 0 fully saturated rings. The lowest BCUT2D eigenvalue weighted by Crippen LogP contribution is -2.12. The van der Waals surface area contributed by atoms with Gasteiger partial charge < -0.3 is 5.32 Å². The summed E-state index contributed by atoms with van der Waals surface area (Å²) in [5.74, 6) is -0.0356. The van der Waals surface area contributed by atoms with Crippen LogP contribution in [0.15, 0.2) is 66.7 Å². The number of carbonyl (C=O) groups is 1. The molecule has 3 aromatic carbocycles. The highest BCUT2D eigenvalue weighted by Crippen LogP contribution is 2.33. The molecule has 140 valence electrons. The van der Waals surface area contributed by atoms with Gasteiger partial charge >= 0.3 is 0 Å². The number of fused-ring (bicyclic) bond motifs is 1. The summed E-state index contributed by atoms with van der Waals surface area (Å²) in [5, 5.41) is 4.26. The van der Waals surface area contributed by atoms with Gasteiger partial charge in [0, 0.05) is 10.4 Å². The molecule has 4 rings (SSSR count). The SMILES string of the molecule is Cc1ccc(Cc2c(C(=O)Nc3ccc(C)c(C)c3)sc3ccccc23)cc1. The molecule has 0 spiro atoms. The number of carbonyl (C=O) groups excluding carboxylic acids is 1. The third-order valence-corrected chi connectivity index (χ3v) is 6.38. The Labute approximate surface area is 169 Å². The van der Waals surface area contributed by atoms with Gasteiger partial charge in [0.15, 0.2) is 0 Å². The summed E-state index contributed by atoms with van der Waals surface area (Å²) < 4.78 is 1.15. The smallest absolute Gasteiger partial charge is 0.266 e. The fourth-order valence-corrected chi connectivity index (χ4v) is 4.49. The zero-order valence-corrected chi connectivity index (χ0v) is 17.2. The van der Waals surface area contributed by atoms with Gasteiger partial charge in [-0.25, -0.2) is 0 Å². The highest BCUT2D eigenvalue weighted by molar-refractivity contribution is 7.21. The Kier molecular flexibility index (Phi) is 5.01. The molecule has 0 saturated heterocycles. The summed E-state index contributed by atoms with van der Waals surface area (Å²) in [6.45, 7) is 6.23. The molecule has 0 atom stereocenters. The number of benzene rings is 3. The minimum absolute atomic E-state index is 0.0356. The second-order valence-electron chi connectivity index (χ2n) is 7.32.